The van der Waals surface area contributed by atoms with E-state index in [9.17, 15) is 5.26 Å². The summed E-state index contributed by atoms with van der Waals surface area (Å²) in [4.78, 5) is 0. The maximum Gasteiger partial charge on any atom is 0.224 e. The number of para-hydroxylation sites is 1. The zero-order chi connectivity index (χ0) is 25.0. The lowest BCUT2D eigenvalue weighted by molar-refractivity contribution is -0.643. The molecule has 0 atom stereocenters. The van der Waals surface area contributed by atoms with Gasteiger partial charge >= 0.3 is 0 Å². The standard InChI is InChI=1S/C32H32N3/c1-18-15-23(31(3,4)5)28-25(19(18)2)29-26-20(13-14-34(29)8)16-22(32(6,7)17-33)27-21-11-9-10-12-24(21)35(28)30(26)27/h9-16H,1-8H3/q+1. The van der Waals surface area contributed by atoms with E-state index in [0.29, 0.717) is 0 Å². The van der Waals surface area contributed by atoms with Gasteiger partial charge in [0.15, 0.2) is 6.20 Å². The Hall–Kier alpha value is -3.64. The molecule has 0 unspecified atom stereocenters. The van der Waals surface area contributed by atoms with Crippen LogP contribution in [0.3, 0.4) is 0 Å². The van der Waals surface area contributed by atoms with Crippen LogP contribution < -0.4 is 4.57 Å². The molecule has 0 bridgehead atoms. The van der Waals surface area contributed by atoms with Crippen molar-refractivity contribution in [1.82, 2.24) is 4.40 Å². The van der Waals surface area contributed by atoms with Gasteiger partial charge in [-0.1, -0.05) is 45.0 Å². The van der Waals surface area contributed by atoms with E-state index in [1.54, 1.807) is 0 Å². The summed E-state index contributed by atoms with van der Waals surface area (Å²) in [6.07, 6.45) is 2.17. The van der Waals surface area contributed by atoms with Crippen molar-refractivity contribution in [2.45, 2.75) is 59.3 Å². The quantitative estimate of drug-likeness (QED) is 0.142. The van der Waals surface area contributed by atoms with E-state index in [4.69, 9.17) is 0 Å². The second kappa shape index (κ2) is 6.73. The average Bonchev–Trinajstić information content (AvgIpc) is 3.16. The highest BCUT2D eigenvalue weighted by Gasteiger charge is 2.32. The van der Waals surface area contributed by atoms with Crippen LogP contribution in [0, 0.1) is 25.2 Å². The summed E-state index contributed by atoms with van der Waals surface area (Å²) in [7, 11) is 2.16. The van der Waals surface area contributed by atoms with Crippen molar-refractivity contribution in [2.24, 2.45) is 7.05 Å². The van der Waals surface area contributed by atoms with Crippen LogP contribution in [-0.2, 0) is 17.9 Å². The molecule has 0 saturated heterocycles. The predicted octanol–water partition coefficient (Wildman–Crippen LogP) is 7.53. The van der Waals surface area contributed by atoms with Gasteiger partial charge in [-0.05, 0) is 72.9 Å². The second-order valence-electron chi connectivity index (χ2n) is 11.8. The van der Waals surface area contributed by atoms with Crippen molar-refractivity contribution in [3.8, 4) is 6.07 Å². The minimum absolute atomic E-state index is 0.0340. The number of nitriles is 1. The van der Waals surface area contributed by atoms with Gasteiger partial charge in [0, 0.05) is 16.8 Å². The van der Waals surface area contributed by atoms with Crippen molar-refractivity contribution in [3.63, 3.8) is 0 Å². The van der Waals surface area contributed by atoms with E-state index in [-0.39, 0.29) is 5.41 Å². The van der Waals surface area contributed by atoms with Crippen LogP contribution in [-0.4, -0.2) is 4.40 Å². The topological polar surface area (TPSA) is 32.1 Å². The van der Waals surface area contributed by atoms with Crippen LogP contribution in [0.1, 0.15) is 56.9 Å². The van der Waals surface area contributed by atoms with Crippen molar-refractivity contribution >= 4 is 49.0 Å². The molecule has 0 spiro atoms. The van der Waals surface area contributed by atoms with Gasteiger partial charge < -0.3 is 4.40 Å². The number of rotatable bonds is 1. The van der Waals surface area contributed by atoms with Gasteiger partial charge in [-0.15, -0.1) is 0 Å². The molecule has 0 amide bonds. The summed E-state index contributed by atoms with van der Waals surface area (Å²) in [6.45, 7) is 15.5. The van der Waals surface area contributed by atoms with Gasteiger partial charge in [0.2, 0.25) is 5.52 Å². The molecule has 3 aromatic heterocycles. The van der Waals surface area contributed by atoms with E-state index >= 15 is 0 Å². The fourth-order valence-corrected chi connectivity index (χ4v) is 6.09. The molecule has 0 radical (unpaired) electrons. The smallest absolute Gasteiger partial charge is 0.224 e. The Morgan fingerprint density at radius 1 is 0.857 bits per heavy atom. The maximum absolute atomic E-state index is 10.2. The molecule has 0 N–H and O–H groups in total. The maximum atomic E-state index is 10.2. The van der Waals surface area contributed by atoms with Gasteiger partial charge in [0.05, 0.1) is 38.8 Å². The Morgan fingerprint density at radius 3 is 2.26 bits per heavy atom. The fraction of sp³-hybridized carbons (Fsp3) is 0.312. The van der Waals surface area contributed by atoms with E-state index in [1.807, 2.05) is 13.8 Å². The lowest BCUT2D eigenvalue weighted by Crippen LogP contribution is -2.29. The van der Waals surface area contributed by atoms with Gasteiger partial charge in [0.25, 0.3) is 0 Å². The number of hydrogen-bond acceptors (Lipinski definition) is 1. The predicted molar refractivity (Wildman–Crippen MR) is 147 cm³/mol. The highest BCUT2D eigenvalue weighted by Crippen LogP contribution is 2.47. The number of fused-ring (bicyclic) bond motifs is 6. The summed E-state index contributed by atoms with van der Waals surface area (Å²) >= 11 is 0. The number of nitrogens with zero attached hydrogens (tertiary/aromatic N) is 3. The Balaban J connectivity index is 2.13. The van der Waals surface area contributed by atoms with Crippen LogP contribution in [0.5, 0.6) is 0 Å². The van der Waals surface area contributed by atoms with Gasteiger partial charge in [0.1, 0.15) is 7.05 Å². The SMILES string of the molecule is Cc1cc(C(C)(C)C)c2c(c1C)c1c3c(cc[n+]1C)cc(C(C)(C)C#N)c1c4ccccc4n2c13. The van der Waals surface area contributed by atoms with Crippen molar-refractivity contribution in [2.75, 3.05) is 0 Å². The first kappa shape index (κ1) is 21.9. The molecular weight excluding hydrogens is 426 g/mol. The van der Waals surface area contributed by atoms with Gasteiger partial charge in [-0.3, -0.25) is 0 Å². The van der Waals surface area contributed by atoms with E-state index in [1.165, 1.54) is 65.7 Å². The molecule has 0 fully saturated rings. The fourth-order valence-electron chi connectivity index (χ4n) is 6.09. The molecule has 174 valence electrons. The molecule has 3 nitrogen and oxygen atoms in total. The van der Waals surface area contributed by atoms with Crippen LogP contribution in [0.15, 0.2) is 48.7 Å². The largest absolute Gasteiger partial charge is 0.307 e. The number of aryl methyl sites for hydroxylation is 3. The number of pyridine rings is 2. The summed E-state index contributed by atoms with van der Waals surface area (Å²) < 4.78 is 4.80. The Bertz CT molecular complexity index is 1890. The third-order valence-electron chi connectivity index (χ3n) is 8.08. The number of aromatic nitrogens is 2. The monoisotopic (exact) mass is 458 g/mol. The first-order valence-corrected chi connectivity index (χ1v) is 12.4. The summed E-state index contributed by atoms with van der Waals surface area (Å²) in [5.74, 6) is 0. The first-order valence-electron chi connectivity index (χ1n) is 12.4. The average molecular weight is 459 g/mol. The highest BCUT2D eigenvalue weighted by molar-refractivity contribution is 6.28. The third kappa shape index (κ3) is 2.69. The third-order valence-corrected chi connectivity index (χ3v) is 8.08. The zero-order valence-corrected chi connectivity index (χ0v) is 22.0. The Kier molecular flexibility index (Phi) is 4.20. The molecule has 6 aromatic rings. The first-order chi connectivity index (χ1) is 16.5. The summed E-state index contributed by atoms with van der Waals surface area (Å²) in [5.41, 5.74) is 9.45. The molecule has 35 heavy (non-hydrogen) atoms. The molecule has 0 saturated carbocycles. The molecule has 0 aliphatic rings. The Morgan fingerprint density at radius 2 is 1.57 bits per heavy atom. The number of benzene rings is 3. The van der Waals surface area contributed by atoms with Crippen LogP contribution in [0.2, 0.25) is 0 Å². The second-order valence-corrected chi connectivity index (χ2v) is 11.8. The van der Waals surface area contributed by atoms with E-state index < -0.39 is 5.41 Å². The van der Waals surface area contributed by atoms with Crippen LogP contribution in [0.4, 0.5) is 0 Å². The minimum Gasteiger partial charge on any atom is -0.307 e. The normalized spacial score (nSPS) is 13.1. The molecule has 0 aliphatic carbocycles. The van der Waals surface area contributed by atoms with Crippen LogP contribution in [0.25, 0.3) is 49.0 Å². The zero-order valence-electron chi connectivity index (χ0n) is 22.0. The molecular formula is C32H32N3+. The van der Waals surface area contributed by atoms with Crippen molar-refractivity contribution < 1.29 is 4.57 Å². The summed E-state index contributed by atoms with van der Waals surface area (Å²) in [6, 6.07) is 18.2. The van der Waals surface area contributed by atoms with Crippen molar-refractivity contribution in [3.05, 3.63) is 70.9 Å². The van der Waals surface area contributed by atoms with Gasteiger partial charge in [-0.25, -0.2) is 4.57 Å². The molecule has 0 aliphatic heterocycles. The van der Waals surface area contributed by atoms with E-state index in [2.05, 4.69) is 105 Å². The Labute approximate surface area is 206 Å². The molecule has 3 heteroatoms. The minimum atomic E-state index is -0.613. The lowest BCUT2D eigenvalue weighted by atomic mass is 9.80. The summed E-state index contributed by atoms with van der Waals surface area (Å²) in [5, 5.41) is 16.4. The lowest BCUT2D eigenvalue weighted by Gasteiger charge is -2.26. The molecule has 3 heterocycles. The number of hydrogen-bond donors (Lipinski definition) is 0. The molecule has 6 rings (SSSR count). The van der Waals surface area contributed by atoms with E-state index in [0.717, 1.165) is 5.56 Å². The van der Waals surface area contributed by atoms with Crippen molar-refractivity contribution in [1.29, 1.82) is 5.26 Å². The highest BCUT2D eigenvalue weighted by atomic mass is 15.0. The van der Waals surface area contributed by atoms with Crippen LogP contribution >= 0.6 is 0 Å². The van der Waals surface area contributed by atoms with Gasteiger partial charge in [-0.2, -0.15) is 5.26 Å². The molecule has 3 aromatic carbocycles.